The summed E-state index contributed by atoms with van der Waals surface area (Å²) < 4.78 is 0. The molecule has 0 saturated heterocycles. The molecule has 21 heavy (non-hydrogen) atoms. The molecule has 1 saturated carbocycles. The Morgan fingerprint density at radius 3 is 2.48 bits per heavy atom. The van der Waals surface area contributed by atoms with Crippen LogP contribution < -0.4 is 5.32 Å². The first-order valence-corrected chi connectivity index (χ1v) is 8.15. The van der Waals surface area contributed by atoms with Crippen LogP contribution in [0.4, 0.5) is 0 Å². The summed E-state index contributed by atoms with van der Waals surface area (Å²) in [7, 11) is 0. The first kappa shape index (κ1) is 14.3. The van der Waals surface area contributed by atoms with Gasteiger partial charge in [0.25, 0.3) is 0 Å². The van der Waals surface area contributed by atoms with Gasteiger partial charge in [-0.2, -0.15) is 0 Å². The number of nitrogens with one attached hydrogen (secondary N) is 1. The minimum Gasteiger partial charge on any atom is -0.310 e. The third-order valence-corrected chi connectivity index (χ3v) is 4.63. The normalized spacial score (nSPS) is 22.0. The Hall–Kier alpha value is -1.60. The molecule has 2 aromatic carbocycles. The summed E-state index contributed by atoms with van der Waals surface area (Å²) >= 11 is 0. The largest absolute Gasteiger partial charge is 0.310 e. The molecule has 1 fully saturated rings. The van der Waals surface area contributed by atoms with E-state index in [-0.39, 0.29) is 0 Å². The molecule has 0 aromatic heterocycles. The second kappa shape index (κ2) is 6.44. The van der Waals surface area contributed by atoms with E-state index in [0.717, 1.165) is 18.4 Å². The number of benzene rings is 2. The molecule has 1 nitrogen and oxygen atoms in total. The molecule has 3 atom stereocenters. The van der Waals surface area contributed by atoms with Gasteiger partial charge in [0.05, 0.1) is 0 Å². The molecule has 1 aliphatic carbocycles. The average molecular weight is 279 g/mol. The van der Waals surface area contributed by atoms with Crippen LogP contribution >= 0.6 is 0 Å². The lowest BCUT2D eigenvalue weighted by Crippen LogP contribution is -2.25. The van der Waals surface area contributed by atoms with E-state index in [0.29, 0.717) is 6.04 Å². The highest BCUT2D eigenvalue weighted by Crippen LogP contribution is 2.54. The fourth-order valence-corrected chi connectivity index (χ4v) is 3.39. The zero-order chi connectivity index (χ0) is 14.7. The van der Waals surface area contributed by atoms with Crippen molar-refractivity contribution in [3.05, 3.63) is 71.3 Å². The van der Waals surface area contributed by atoms with Crippen molar-refractivity contribution in [1.29, 1.82) is 0 Å². The van der Waals surface area contributed by atoms with Crippen LogP contribution in [0.3, 0.4) is 0 Å². The molecule has 1 heteroatoms. The lowest BCUT2D eigenvalue weighted by molar-refractivity contribution is 0.471. The van der Waals surface area contributed by atoms with Crippen LogP contribution in [-0.4, -0.2) is 6.54 Å². The predicted octanol–water partition coefficient (Wildman–Crippen LogP) is 4.84. The minimum atomic E-state index is 0.497. The van der Waals surface area contributed by atoms with Gasteiger partial charge in [-0.05, 0) is 54.8 Å². The molecule has 1 N–H and O–H groups in total. The summed E-state index contributed by atoms with van der Waals surface area (Å²) in [6, 6.07) is 20.3. The van der Waals surface area contributed by atoms with E-state index in [1.807, 2.05) is 0 Å². The van der Waals surface area contributed by atoms with Crippen LogP contribution in [0.5, 0.6) is 0 Å². The number of rotatable bonds is 6. The van der Waals surface area contributed by atoms with Gasteiger partial charge in [-0.25, -0.2) is 0 Å². The number of hydrogen-bond donors (Lipinski definition) is 1. The lowest BCUT2D eigenvalue weighted by Gasteiger charge is -2.21. The maximum atomic E-state index is 3.79. The van der Waals surface area contributed by atoms with Gasteiger partial charge in [0.1, 0.15) is 0 Å². The molecular weight excluding hydrogens is 254 g/mol. The van der Waals surface area contributed by atoms with Crippen LogP contribution in [0.1, 0.15) is 48.4 Å². The van der Waals surface area contributed by atoms with Crippen molar-refractivity contribution in [1.82, 2.24) is 5.32 Å². The molecule has 110 valence electrons. The minimum absolute atomic E-state index is 0.497. The van der Waals surface area contributed by atoms with Crippen molar-refractivity contribution in [2.45, 2.75) is 38.6 Å². The molecule has 0 spiro atoms. The van der Waals surface area contributed by atoms with Gasteiger partial charge >= 0.3 is 0 Å². The maximum Gasteiger partial charge on any atom is 0.0357 e. The van der Waals surface area contributed by atoms with Crippen molar-refractivity contribution in [3.8, 4) is 0 Å². The van der Waals surface area contributed by atoms with Gasteiger partial charge in [0.2, 0.25) is 0 Å². The molecule has 2 aromatic rings. The third kappa shape index (κ3) is 3.19. The van der Waals surface area contributed by atoms with Crippen LogP contribution in [0.2, 0.25) is 0 Å². The SMILES string of the molecule is CCCNC(c1ccccc1C)C1CC1c1ccccc1. The number of hydrogen-bond acceptors (Lipinski definition) is 1. The summed E-state index contributed by atoms with van der Waals surface area (Å²) in [5.74, 6) is 1.46. The van der Waals surface area contributed by atoms with E-state index in [9.17, 15) is 0 Å². The average Bonchev–Trinajstić information content (AvgIpc) is 3.31. The van der Waals surface area contributed by atoms with E-state index in [4.69, 9.17) is 0 Å². The molecule has 0 heterocycles. The quantitative estimate of drug-likeness (QED) is 0.798. The summed E-state index contributed by atoms with van der Waals surface area (Å²) in [5, 5.41) is 3.79. The highest BCUT2D eigenvalue weighted by molar-refractivity contribution is 5.34. The Kier molecular flexibility index (Phi) is 4.40. The van der Waals surface area contributed by atoms with Gasteiger partial charge in [0, 0.05) is 6.04 Å². The summed E-state index contributed by atoms with van der Waals surface area (Å²) in [4.78, 5) is 0. The van der Waals surface area contributed by atoms with Crippen molar-refractivity contribution in [3.63, 3.8) is 0 Å². The fraction of sp³-hybridized carbons (Fsp3) is 0.400. The second-order valence-corrected chi connectivity index (χ2v) is 6.21. The van der Waals surface area contributed by atoms with Crippen molar-refractivity contribution < 1.29 is 0 Å². The molecule has 0 amide bonds. The first-order chi connectivity index (χ1) is 10.3. The lowest BCUT2D eigenvalue weighted by atomic mass is 9.95. The van der Waals surface area contributed by atoms with Gasteiger partial charge < -0.3 is 5.32 Å². The van der Waals surface area contributed by atoms with Crippen LogP contribution in [0, 0.1) is 12.8 Å². The van der Waals surface area contributed by atoms with Crippen molar-refractivity contribution in [2.75, 3.05) is 6.54 Å². The predicted molar refractivity (Wildman–Crippen MR) is 89.5 cm³/mol. The molecule has 0 radical (unpaired) electrons. The van der Waals surface area contributed by atoms with Gasteiger partial charge in [-0.1, -0.05) is 61.5 Å². The molecule has 3 rings (SSSR count). The molecule has 3 unspecified atom stereocenters. The molecular formula is C20H25N. The maximum absolute atomic E-state index is 3.79. The zero-order valence-electron chi connectivity index (χ0n) is 13.0. The summed E-state index contributed by atoms with van der Waals surface area (Å²) in [5.41, 5.74) is 4.39. The highest BCUT2D eigenvalue weighted by atomic mass is 14.9. The smallest absolute Gasteiger partial charge is 0.0357 e. The standard InChI is InChI=1S/C20H25N/c1-3-13-21-20(17-12-8-7-9-15(17)2)19-14-18(19)16-10-5-4-6-11-16/h4-12,18-21H,3,13-14H2,1-2H3. The van der Waals surface area contributed by atoms with Gasteiger partial charge in [-0.15, -0.1) is 0 Å². The molecule has 0 bridgehead atoms. The van der Waals surface area contributed by atoms with E-state index in [1.165, 1.54) is 29.5 Å². The van der Waals surface area contributed by atoms with E-state index < -0.39 is 0 Å². The third-order valence-electron chi connectivity index (χ3n) is 4.63. The second-order valence-electron chi connectivity index (χ2n) is 6.21. The molecule has 1 aliphatic rings. The van der Waals surface area contributed by atoms with Crippen LogP contribution in [0.25, 0.3) is 0 Å². The topological polar surface area (TPSA) is 12.0 Å². The van der Waals surface area contributed by atoms with E-state index in [1.54, 1.807) is 0 Å². The Bertz CT molecular complexity index is 575. The Morgan fingerprint density at radius 2 is 1.76 bits per heavy atom. The zero-order valence-corrected chi connectivity index (χ0v) is 13.0. The van der Waals surface area contributed by atoms with Gasteiger partial charge in [0.15, 0.2) is 0 Å². The van der Waals surface area contributed by atoms with Gasteiger partial charge in [-0.3, -0.25) is 0 Å². The Labute approximate surface area is 128 Å². The Balaban J connectivity index is 1.80. The first-order valence-electron chi connectivity index (χ1n) is 8.15. The summed E-state index contributed by atoms with van der Waals surface area (Å²) in [6.07, 6.45) is 2.49. The summed E-state index contributed by atoms with van der Waals surface area (Å²) in [6.45, 7) is 5.57. The highest BCUT2D eigenvalue weighted by Gasteiger charge is 2.44. The Morgan fingerprint density at radius 1 is 1.05 bits per heavy atom. The fourth-order valence-electron chi connectivity index (χ4n) is 3.39. The molecule has 0 aliphatic heterocycles. The van der Waals surface area contributed by atoms with E-state index >= 15 is 0 Å². The van der Waals surface area contributed by atoms with Crippen LogP contribution in [0.15, 0.2) is 54.6 Å². The monoisotopic (exact) mass is 279 g/mol. The van der Waals surface area contributed by atoms with Crippen molar-refractivity contribution in [2.24, 2.45) is 5.92 Å². The number of aryl methyl sites for hydroxylation is 1. The van der Waals surface area contributed by atoms with E-state index in [2.05, 4.69) is 73.8 Å². The van der Waals surface area contributed by atoms with Crippen molar-refractivity contribution >= 4 is 0 Å². The van der Waals surface area contributed by atoms with Crippen LogP contribution in [-0.2, 0) is 0 Å².